The fourth-order valence-corrected chi connectivity index (χ4v) is 2.04. The van der Waals surface area contributed by atoms with Crippen LogP contribution < -0.4 is 5.73 Å². The smallest absolute Gasteiger partial charge is 0.363 e. The Morgan fingerprint density at radius 3 is 2.42 bits per heavy atom. The van der Waals surface area contributed by atoms with Crippen LogP contribution in [-0.2, 0) is 13.0 Å². The van der Waals surface area contributed by atoms with E-state index in [4.69, 9.17) is 5.73 Å². The summed E-state index contributed by atoms with van der Waals surface area (Å²) in [6.45, 7) is -0.687. The molecule has 0 saturated heterocycles. The van der Waals surface area contributed by atoms with Crippen LogP contribution in [0.4, 0.5) is 22.0 Å². The van der Waals surface area contributed by atoms with Gasteiger partial charge in [0.25, 0.3) is 5.91 Å². The zero-order chi connectivity index (χ0) is 14.4. The van der Waals surface area contributed by atoms with Gasteiger partial charge in [-0.25, -0.2) is 0 Å². The Kier molecular flexibility index (Phi) is 2.98. The van der Waals surface area contributed by atoms with Crippen molar-refractivity contribution in [3.63, 3.8) is 0 Å². The third-order valence-electron chi connectivity index (χ3n) is 3.06. The van der Waals surface area contributed by atoms with E-state index in [0.29, 0.717) is 0 Å². The van der Waals surface area contributed by atoms with Crippen molar-refractivity contribution in [1.29, 1.82) is 0 Å². The molecule has 0 spiro atoms. The van der Waals surface area contributed by atoms with Crippen molar-refractivity contribution in [2.45, 2.75) is 31.5 Å². The maximum Gasteiger partial charge on any atom is 0.453 e. The summed E-state index contributed by atoms with van der Waals surface area (Å²) in [6.07, 6.45) is -6.13. The molecular weight excluding hydrogens is 275 g/mol. The minimum atomic E-state index is -5.63. The predicted octanol–water partition coefficient (Wildman–Crippen LogP) is 1.14. The molecule has 0 aliphatic carbocycles. The molecule has 2 rings (SSSR count). The van der Waals surface area contributed by atoms with E-state index in [2.05, 4.69) is 10.2 Å². The summed E-state index contributed by atoms with van der Waals surface area (Å²) in [5, 5.41) is 6.93. The monoisotopic (exact) mass is 284 g/mol. The van der Waals surface area contributed by atoms with Gasteiger partial charge >= 0.3 is 12.1 Å². The van der Waals surface area contributed by atoms with E-state index in [1.54, 1.807) is 0 Å². The van der Waals surface area contributed by atoms with Gasteiger partial charge in [-0.1, -0.05) is 0 Å². The number of fused-ring (bicyclic) bond motifs is 1. The first-order chi connectivity index (χ1) is 8.64. The number of nitrogens with zero attached hydrogens (tertiary/aromatic N) is 3. The number of nitrogens with two attached hydrogens (primary N) is 1. The molecule has 106 valence electrons. The van der Waals surface area contributed by atoms with Crippen LogP contribution in [0.5, 0.6) is 0 Å². The third kappa shape index (κ3) is 2.15. The number of hydrogen-bond acceptors (Lipinski definition) is 3. The Hall–Kier alpha value is -1.74. The van der Waals surface area contributed by atoms with Crippen molar-refractivity contribution < 1.29 is 26.7 Å². The number of aromatic nitrogens is 3. The summed E-state index contributed by atoms with van der Waals surface area (Å²) >= 11 is 0. The highest BCUT2D eigenvalue weighted by Gasteiger charge is 2.62. The Morgan fingerprint density at radius 1 is 1.26 bits per heavy atom. The zero-order valence-corrected chi connectivity index (χ0v) is 9.42. The number of rotatable bonds is 2. The lowest BCUT2D eigenvalue weighted by Gasteiger charge is -2.31. The molecule has 1 aromatic heterocycles. The predicted molar refractivity (Wildman–Crippen MR) is 51.4 cm³/mol. The van der Waals surface area contributed by atoms with Crippen molar-refractivity contribution >= 4 is 5.91 Å². The summed E-state index contributed by atoms with van der Waals surface area (Å²) < 4.78 is 64.3. The van der Waals surface area contributed by atoms with E-state index < -0.39 is 36.3 Å². The Bertz CT molecular complexity index is 509. The van der Waals surface area contributed by atoms with Gasteiger partial charge in [-0.05, 0) is 6.42 Å². The Labute approximate surface area is 103 Å². The number of alkyl halides is 5. The van der Waals surface area contributed by atoms with Crippen molar-refractivity contribution in [1.82, 2.24) is 14.8 Å². The fourth-order valence-electron chi connectivity index (χ4n) is 2.04. The van der Waals surface area contributed by atoms with Crippen molar-refractivity contribution in [3.05, 3.63) is 11.6 Å². The molecule has 0 bridgehead atoms. The lowest BCUT2D eigenvalue weighted by atomic mass is 9.92. The highest BCUT2D eigenvalue weighted by molar-refractivity contribution is 5.89. The van der Waals surface area contributed by atoms with Crippen LogP contribution in [0.25, 0.3) is 0 Å². The molecule has 0 radical (unpaired) electrons. The van der Waals surface area contributed by atoms with Crippen molar-refractivity contribution in [3.8, 4) is 0 Å². The quantitative estimate of drug-likeness (QED) is 0.827. The first-order valence-electron chi connectivity index (χ1n) is 5.31. The molecule has 1 aliphatic rings. The van der Waals surface area contributed by atoms with E-state index in [9.17, 15) is 26.7 Å². The van der Waals surface area contributed by atoms with Gasteiger partial charge in [0.2, 0.25) is 5.82 Å². The van der Waals surface area contributed by atoms with Crippen molar-refractivity contribution in [2.24, 2.45) is 11.7 Å². The van der Waals surface area contributed by atoms with E-state index in [1.165, 1.54) is 0 Å². The normalized spacial score (nSPS) is 20.2. The molecule has 0 fully saturated rings. The largest absolute Gasteiger partial charge is 0.453 e. The minimum absolute atomic E-state index is 0.114. The number of aryl methyl sites for hydroxylation is 1. The van der Waals surface area contributed by atoms with Gasteiger partial charge in [0.1, 0.15) is 5.82 Å². The number of carbonyl (C=O) groups is 1. The van der Waals surface area contributed by atoms with E-state index >= 15 is 0 Å². The molecule has 2 N–H and O–H groups in total. The van der Waals surface area contributed by atoms with Crippen LogP contribution in [-0.4, -0.2) is 32.8 Å². The molecule has 5 nitrogen and oxygen atoms in total. The number of primary amides is 1. The average Bonchev–Trinajstić information content (AvgIpc) is 2.69. The fraction of sp³-hybridized carbons (Fsp3) is 0.667. The second kappa shape index (κ2) is 4.14. The first-order valence-corrected chi connectivity index (χ1v) is 5.31. The Morgan fingerprint density at radius 2 is 1.89 bits per heavy atom. The maximum absolute atomic E-state index is 13.3. The lowest BCUT2D eigenvalue weighted by Crippen LogP contribution is -2.47. The molecule has 0 saturated carbocycles. The third-order valence-corrected chi connectivity index (χ3v) is 3.06. The molecule has 1 aliphatic heterocycles. The summed E-state index contributed by atoms with van der Waals surface area (Å²) in [7, 11) is 0. The zero-order valence-electron chi connectivity index (χ0n) is 9.42. The summed E-state index contributed by atoms with van der Waals surface area (Å²) in [6, 6.07) is 0. The number of carbonyl (C=O) groups excluding carboxylic acids is 1. The van der Waals surface area contributed by atoms with Gasteiger partial charge in [0.05, 0.1) is 5.92 Å². The van der Waals surface area contributed by atoms with Gasteiger partial charge in [0, 0.05) is 13.0 Å². The van der Waals surface area contributed by atoms with Gasteiger partial charge in [-0.2, -0.15) is 22.0 Å². The molecule has 2 heterocycles. The second-order valence-corrected chi connectivity index (χ2v) is 4.27. The lowest BCUT2D eigenvalue weighted by molar-refractivity contribution is -0.305. The summed E-state index contributed by atoms with van der Waals surface area (Å²) in [4.78, 5) is 11.0. The van der Waals surface area contributed by atoms with Crippen molar-refractivity contribution in [2.75, 3.05) is 0 Å². The second-order valence-electron chi connectivity index (χ2n) is 4.27. The Balaban J connectivity index is 2.32. The number of hydrogen-bond donors (Lipinski definition) is 1. The van der Waals surface area contributed by atoms with Crippen LogP contribution in [0.3, 0.4) is 0 Å². The van der Waals surface area contributed by atoms with Crippen LogP contribution in [0.1, 0.15) is 22.9 Å². The average molecular weight is 284 g/mol. The molecule has 0 aromatic carbocycles. The molecule has 1 aromatic rings. The SMILES string of the molecule is NC(=O)c1nnc2n1CC(C(F)(F)C(F)(F)F)CC2. The topological polar surface area (TPSA) is 73.8 Å². The van der Waals surface area contributed by atoms with E-state index in [-0.39, 0.29) is 18.7 Å². The minimum Gasteiger partial charge on any atom is -0.363 e. The number of amides is 1. The summed E-state index contributed by atoms with van der Waals surface area (Å²) in [5.74, 6) is -8.03. The maximum atomic E-state index is 13.3. The molecular formula is C9H9F5N4O. The van der Waals surface area contributed by atoms with Gasteiger partial charge < -0.3 is 10.3 Å². The van der Waals surface area contributed by atoms with E-state index in [0.717, 1.165) is 4.57 Å². The van der Waals surface area contributed by atoms with Gasteiger partial charge in [-0.3, -0.25) is 4.79 Å². The van der Waals surface area contributed by atoms with Gasteiger partial charge in [-0.15, -0.1) is 10.2 Å². The van der Waals surface area contributed by atoms with Crippen LogP contribution in [0.15, 0.2) is 0 Å². The first kappa shape index (κ1) is 13.7. The molecule has 10 heteroatoms. The van der Waals surface area contributed by atoms with Crippen LogP contribution in [0, 0.1) is 5.92 Å². The highest BCUT2D eigenvalue weighted by atomic mass is 19.4. The summed E-state index contributed by atoms with van der Waals surface area (Å²) in [5.41, 5.74) is 4.95. The number of halogens is 5. The molecule has 1 unspecified atom stereocenters. The highest BCUT2D eigenvalue weighted by Crippen LogP contribution is 2.44. The molecule has 1 atom stereocenters. The van der Waals surface area contributed by atoms with Crippen LogP contribution >= 0.6 is 0 Å². The van der Waals surface area contributed by atoms with Crippen LogP contribution in [0.2, 0.25) is 0 Å². The standard InChI is InChI=1S/C9H9F5N4O/c10-8(11,9(12,13)14)4-1-2-5-16-17-7(6(15)19)18(5)3-4/h4H,1-3H2,(H2,15,19). The van der Waals surface area contributed by atoms with E-state index in [1.807, 2.05) is 0 Å². The molecule has 1 amide bonds. The van der Waals surface area contributed by atoms with Gasteiger partial charge in [0.15, 0.2) is 0 Å². The molecule has 19 heavy (non-hydrogen) atoms.